The van der Waals surface area contributed by atoms with E-state index in [1.165, 1.54) is 0 Å². The van der Waals surface area contributed by atoms with Gasteiger partial charge in [-0.3, -0.25) is 4.79 Å². The highest BCUT2D eigenvalue weighted by molar-refractivity contribution is 5.91. The number of hydrogen-bond donors (Lipinski definition) is 0. The number of carbonyl (C=O) groups excluding carboxylic acids is 1. The molecule has 3 rings (SSSR count). The predicted octanol–water partition coefficient (Wildman–Crippen LogP) is 5.17. The van der Waals surface area contributed by atoms with Crippen LogP contribution in [0, 0.1) is 13.8 Å². The first-order chi connectivity index (χ1) is 11.5. The minimum Gasteiger partial charge on any atom is -0.496 e. The van der Waals surface area contributed by atoms with Crippen LogP contribution in [0.1, 0.15) is 46.9 Å². The lowest BCUT2D eigenvalue weighted by Gasteiger charge is -2.16. The van der Waals surface area contributed by atoms with Gasteiger partial charge in [0.2, 0.25) is 0 Å². The van der Waals surface area contributed by atoms with E-state index < -0.39 is 0 Å². The van der Waals surface area contributed by atoms with E-state index in [1.807, 2.05) is 23.6 Å². The van der Waals surface area contributed by atoms with Crippen LogP contribution in [0.25, 0.3) is 16.6 Å². The maximum Gasteiger partial charge on any atom is 0.167 e. The first-order valence-electron chi connectivity index (χ1n) is 8.22. The summed E-state index contributed by atoms with van der Waals surface area (Å²) in [4.78, 5) is 11.8. The molecule has 0 atom stereocenters. The normalized spacial score (nSPS) is 11.2. The fourth-order valence-corrected chi connectivity index (χ4v) is 3.25. The van der Waals surface area contributed by atoms with Crippen LogP contribution in [-0.2, 0) is 0 Å². The van der Waals surface area contributed by atoms with Crippen LogP contribution in [0.15, 0.2) is 36.5 Å². The van der Waals surface area contributed by atoms with Gasteiger partial charge < -0.3 is 9.14 Å². The van der Waals surface area contributed by atoms with Gasteiger partial charge in [-0.2, -0.15) is 0 Å². The number of aromatic nitrogens is 1. The first kappa shape index (κ1) is 16.3. The fourth-order valence-electron chi connectivity index (χ4n) is 3.25. The third-order valence-electron chi connectivity index (χ3n) is 4.56. The van der Waals surface area contributed by atoms with Crippen LogP contribution >= 0.6 is 0 Å². The number of nitrogens with zero attached hydrogens (tertiary/aromatic N) is 1. The number of carbonyl (C=O) groups is 1. The molecule has 3 nitrogen and oxygen atoms in total. The molecule has 0 aliphatic heterocycles. The third kappa shape index (κ3) is 2.60. The number of pyridine rings is 1. The van der Waals surface area contributed by atoms with Crippen LogP contribution < -0.4 is 4.74 Å². The average molecular weight is 321 g/mol. The molecular formula is C21H23NO2. The number of benzene rings is 1. The Bertz CT molecular complexity index is 919. The zero-order valence-electron chi connectivity index (χ0n) is 14.9. The molecule has 0 bridgehead atoms. The fraction of sp³-hybridized carbons (Fsp3) is 0.286. The number of ether oxygens (including phenoxy) is 1. The maximum absolute atomic E-state index is 11.8. The van der Waals surface area contributed by atoms with Crippen molar-refractivity contribution in [2.75, 3.05) is 7.11 Å². The SMILES string of the molecule is COc1cc(C)c(-c2cc3ccc(C)cn3c2C=O)cc1C(C)C. The van der Waals surface area contributed by atoms with Crippen LogP contribution in [0.5, 0.6) is 5.75 Å². The Balaban J connectivity index is 2.31. The van der Waals surface area contributed by atoms with Crippen molar-refractivity contribution in [3.63, 3.8) is 0 Å². The van der Waals surface area contributed by atoms with Gasteiger partial charge in [0.05, 0.1) is 12.8 Å². The molecule has 3 aromatic rings. The third-order valence-corrected chi connectivity index (χ3v) is 4.56. The lowest BCUT2D eigenvalue weighted by Crippen LogP contribution is -1.98. The molecule has 0 spiro atoms. The van der Waals surface area contributed by atoms with Gasteiger partial charge in [0.25, 0.3) is 0 Å². The van der Waals surface area contributed by atoms with Crippen molar-refractivity contribution < 1.29 is 9.53 Å². The molecule has 0 radical (unpaired) electrons. The molecular weight excluding hydrogens is 298 g/mol. The summed E-state index contributed by atoms with van der Waals surface area (Å²) in [6, 6.07) is 10.4. The quantitative estimate of drug-likeness (QED) is 0.621. The van der Waals surface area contributed by atoms with Gasteiger partial charge in [-0.15, -0.1) is 0 Å². The minimum atomic E-state index is 0.346. The van der Waals surface area contributed by atoms with Crippen LogP contribution in [0.4, 0.5) is 0 Å². The van der Waals surface area contributed by atoms with Gasteiger partial charge in [0, 0.05) is 17.3 Å². The van der Waals surface area contributed by atoms with Crippen LogP contribution in [0.3, 0.4) is 0 Å². The molecule has 0 amide bonds. The Morgan fingerprint density at radius 3 is 2.46 bits per heavy atom. The summed E-state index contributed by atoms with van der Waals surface area (Å²) in [6.45, 7) is 8.39. The van der Waals surface area contributed by atoms with Gasteiger partial charge in [-0.25, -0.2) is 0 Å². The molecule has 24 heavy (non-hydrogen) atoms. The molecule has 2 aromatic heterocycles. The minimum absolute atomic E-state index is 0.346. The molecule has 124 valence electrons. The highest BCUT2D eigenvalue weighted by Crippen LogP contribution is 2.36. The summed E-state index contributed by atoms with van der Waals surface area (Å²) < 4.78 is 7.50. The summed E-state index contributed by atoms with van der Waals surface area (Å²) in [6.07, 6.45) is 2.95. The highest BCUT2D eigenvalue weighted by Gasteiger charge is 2.17. The van der Waals surface area contributed by atoms with Crippen molar-refractivity contribution >= 4 is 11.8 Å². The van der Waals surface area contributed by atoms with E-state index in [2.05, 4.69) is 45.0 Å². The summed E-state index contributed by atoms with van der Waals surface area (Å²) in [7, 11) is 1.70. The lowest BCUT2D eigenvalue weighted by atomic mass is 9.93. The van der Waals surface area contributed by atoms with Crippen molar-refractivity contribution in [3.8, 4) is 16.9 Å². The second-order valence-electron chi connectivity index (χ2n) is 6.63. The molecule has 3 heteroatoms. The van der Waals surface area contributed by atoms with E-state index in [9.17, 15) is 4.79 Å². The van der Waals surface area contributed by atoms with Crippen LogP contribution in [0.2, 0.25) is 0 Å². The summed E-state index contributed by atoms with van der Waals surface area (Å²) in [5.41, 5.74) is 7.16. The van der Waals surface area contributed by atoms with Gasteiger partial charge in [0.15, 0.2) is 6.29 Å². The highest BCUT2D eigenvalue weighted by atomic mass is 16.5. The van der Waals surface area contributed by atoms with Crippen LogP contribution in [-0.4, -0.2) is 17.8 Å². The lowest BCUT2D eigenvalue weighted by molar-refractivity contribution is 0.111. The van der Waals surface area contributed by atoms with Gasteiger partial charge in [0.1, 0.15) is 5.75 Å². The molecule has 0 aliphatic rings. The smallest absolute Gasteiger partial charge is 0.167 e. The zero-order chi connectivity index (χ0) is 17.4. The standard InChI is InChI=1S/C21H23NO2/c1-13(2)17-10-18(15(4)8-21(17)24-5)19-9-16-7-6-14(3)11-22(16)20(19)12-23/h6-13H,1-5H3. The molecule has 0 fully saturated rings. The summed E-state index contributed by atoms with van der Waals surface area (Å²) in [5, 5.41) is 0. The molecule has 0 saturated carbocycles. The predicted molar refractivity (Wildman–Crippen MR) is 98.3 cm³/mol. The Kier molecular flexibility index (Phi) is 4.18. The molecule has 0 unspecified atom stereocenters. The Morgan fingerprint density at radius 1 is 1.08 bits per heavy atom. The number of aldehydes is 1. The van der Waals surface area contributed by atoms with Gasteiger partial charge >= 0.3 is 0 Å². The molecule has 0 aliphatic carbocycles. The zero-order valence-corrected chi connectivity index (χ0v) is 14.9. The van der Waals surface area contributed by atoms with Crippen molar-refractivity contribution in [2.45, 2.75) is 33.6 Å². The van der Waals surface area contributed by atoms with Gasteiger partial charge in [-0.05, 0) is 66.3 Å². The van der Waals surface area contributed by atoms with E-state index >= 15 is 0 Å². The maximum atomic E-state index is 11.8. The van der Waals surface area contributed by atoms with E-state index in [0.29, 0.717) is 11.6 Å². The monoisotopic (exact) mass is 321 g/mol. The Hall–Kier alpha value is -2.55. The second kappa shape index (κ2) is 6.16. The topological polar surface area (TPSA) is 30.7 Å². The first-order valence-corrected chi connectivity index (χ1v) is 8.22. The number of methoxy groups -OCH3 is 1. The number of fused-ring (bicyclic) bond motifs is 1. The largest absolute Gasteiger partial charge is 0.496 e. The molecule has 0 saturated heterocycles. The molecule has 1 aromatic carbocycles. The Labute approximate surface area is 142 Å². The summed E-state index contributed by atoms with van der Waals surface area (Å²) in [5.74, 6) is 1.25. The number of aryl methyl sites for hydroxylation is 2. The summed E-state index contributed by atoms with van der Waals surface area (Å²) >= 11 is 0. The van der Waals surface area contributed by atoms with Crippen molar-refractivity contribution in [3.05, 3.63) is 58.9 Å². The van der Waals surface area contributed by atoms with Crippen molar-refractivity contribution in [2.24, 2.45) is 0 Å². The molecule has 2 heterocycles. The Morgan fingerprint density at radius 2 is 1.83 bits per heavy atom. The molecule has 0 N–H and O–H groups in total. The van der Waals surface area contributed by atoms with E-state index in [0.717, 1.165) is 45.4 Å². The van der Waals surface area contributed by atoms with Crippen molar-refractivity contribution in [1.29, 1.82) is 0 Å². The van der Waals surface area contributed by atoms with E-state index in [1.54, 1.807) is 7.11 Å². The number of hydrogen-bond acceptors (Lipinski definition) is 2. The average Bonchev–Trinajstić information content (AvgIpc) is 2.91. The second-order valence-corrected chi connectivity index (χ2v) is 6.63. The van der Waals surface area contributed by atoms with Gasteiger partial charge in [-0.1, -0.05) is 19.9 Å². The van der Waals surface area contributed by atoms with E-state index in [4.69, 9.17) is 4.74 Å². The van der Waals surface area contributed by atoms with Crippen molar-refractivity contribution in [1.82, 2.24) is 4.40 Å². The number of rotatable bonds is 4. The van der Waals surface area contributed by atoms with E-state index in [-0.39, 0.29) is 0 Å².